The number of aliphatic hydroxyl groups is 1. The summed E-state index contributed by atoms with van der Waals surface area (Å²) in [6, 6.07) is 7.91. The first-order valence-electron chi connectivity index (χ1n) is 9.78. The Bertz CT molecular complexity index is 1030. The number of hydrogen-bond acceptors (Lipinski definition) is 4. The molecule has 2 aromatic carbocycles. The Morgan fingerprint density at radius 3 is 2.76 bits per heavy atom. The number of rotatable bonds is 3. The summed E-state index contributed by atoms with van der Waals surface area (Å²) in [6.45, 7) is 5.26. The lowest BCUT2D eigenvalue weighted by atomic mass is 9.91. The average Bonchev–Trinajstić information content (AvgIpc) is 3.04. The zero-order valence-electron chi connectivity index (χ0n) is 16.5. The van der Waals surface area contributed by atoms with Gasteiger partial charge in [0, 0.05) is 25.1 Å². The monoisotopic (exact) mass is 394 g/mol. The van der Waals surface area contributed by atoms with Crippen molar-refractivity contribution in [3.63, 3.8) is 0 Å². The van der Waals surface area contributed by atoms with E-state index in [1.54, 1.807) is 17.0 Å². The number of amides is 1. The molecule has 5 nitrogen and oxygen atoms in total. The summed E-state index contributed by atoms with van der Waals surface area (Å²) in [6.07, 6.45) is 0.280. The van der Waals surface area contributed by atoms with Crippen molar-refractivity contribution in [2.45, 2.75) is 45.4 Å². The Hall–Kier alpha value is -2.75. The molecule has 0 radical (unpaired) electrons. The molecule has 0 aliphatic carbocycles. The molecule has 2 aliphatic rings. The third-order valence-corrected chi connectivity index (χ3v) is 6.21. The predicted octanol–water partition coefficient (Wildman–Crippen LogP) is 3.01. The molecule has 1 N–H and O–H groups in total. The van der Waals surface area contributed by atoms with Crippen LogP contribution in [-0.2, 0) is 17.7 Å². The molecule has 0 spiro atoms. The highest BCUT2D eigenvalue weighted by molar-refractivity contribution is 5.99. The molecule has 1 saturated heterocycles. The van der Waals surface area contributed by atoms with Crippen molar-refractivity contribution < 1.29 is 19.0 Å². The molecule has 150 valence electrons. The number of carbonyl (C=O) groups is 1. The van der Waals surface area contributed by atoms with E-state index < -0.39 is 11.9 Å². The van der Waals surface area contributed by atoms with E-state index in [1.165, 1.54) is 6.07 Å². The van der Waals surface area contributed by atoms with Crippen molar-refractivity contribution in [3.05, 3.63) is 69.0 Å². The van der Waals surface area contributed by atoms with Crippen LogP contribution in [0.2, 0.25) is 0 Å². The fourth-order valence-corrected chi connectivity index (χ4v) is 4.26. The standard InChI is InChI=1S/C23H23FN2O3/c1-13-14(2)19-11-26(21-12-29-6-5-22(21)27)23(28)18(19)9-17(13)8-16-4-3-15(10-25)7-20(16)24/h3-4,7,9,21-22,27H,5-6,8,11-12H2,1-2H3/t21-,22-/m0/s1. The summed E-state index contributed by atoms with van der Waals surface area (Å²) in [7, 11) is 0. The smallest absolute Gasteiger partial charge is 0.254 e. The van der Waals surface area contributed by atoms with E-state index in [4.69, 9.17) is 10.00 Å². The molecule has 0 unspecified atom stereocenters. The number of carbonyl (C=O) groups excluding carboxylic acids is 1. The fraction of sp³-hybridized carbons (Fsp3) is 0.391. The Balaban J connectivity index is 1.67. The van der Waals surface area contributed by atoms with E-state index >= 15 is 0 Å². The summed E-state index contributed by atoms with van der Waals surface area (Å²) in [5.74, 6) is -0.531. The zero-order valence-corrected chi connectivity index (χ0v) is 16.5. The summed E-state index contributed by atoms with van der Waals surface area (Å²) in [5.41, 5.74) is 5.30. The van der Waals surface area contributed by atoms with Gasteiger partial charge >= 0.3 is 0 Å². The van der Waals surface area contributed by atoms with Gasteiger partial charge in [0.05, 0.1) is 30.4 Å². The largest absolute Gasteiger partial charge is 0.391 e. The Morgan fingerprint density at radius 1 is 1.28 bits per heavy atom. The van der Waals surface area contributed by atoms with Gasteiger partial charge in [-0.05, 0) is 66.3 Å². The van der Waals surface area contributed by atoms with E-state index in [0.717, 1.165) is 22.3 Å². The van der Waals surface area contributed by atoms with Gasteiger partial charge < -0.3 is 14.7 Å². The van der Waals surface area contributed by atoms with Gasteiger partial charge in [0.2, 0.25) is 0 Å². The number of nitriles is 1. The second kappa shape index (κ2) is 7.58. The van der Waals surface area contributed by atoms with E-state index in [1.807, 2.05) is 26.0 Å². The van der Waals surface area contributed by atoms with E-state index in [0.29, 0.717) is 43.7 Å². The molecule has 2 atom stereocenters. The number of aliphatic hydroxyl groups excluding tert-OH is 1. The van der Waals surface area contributed by atoms with Crippen molar-refractivity contribution in [2.75, 3.05) is 13.2 Å². The lowest BCUT2D eigenvalue weighted by molar-refractivity contribution is -0.0528. The van der Waals surface area contributed by atoms with Crippen LogP contribution in [0.15, 0.2) is 24.3 Å². The summed E-state index contributed by atoms with van der Waals surface area (Å²) >= 11 is 0. The normalized spacial score (nSPS) is 21.2. The van der Waals surface area contributed by atoms with Gasteiger partial charge in [-0.25, -0.2) is 4.39 Å². The quantitative estimate of drug-likeness (QED) is 0.869. The van der Waals surface area contributed by atoms with Crippen molar-refractivity contribution in [1.82, 2.24) is 4.90 Å². The molecule has 0 saturated carbocycles. The third-order valence-electron chi connectivity index (χ3n) is 6.21. The summed E-state index contributed by atoms with van der Waals surface area (Å²) in [4.78, 5) is 14.8. The molecule has 2 heterocycles. The van der Waals surface area contributed by atoms with Crippen molar-refractivity contribution in [3.8, 4) is 6.07 Å². The number of nitrogens with zero attached hydrogens (tertiary/aromatic N) is 2. The fourth-order valence-electron chi connectivity index (χ4n) is 4.26. The van der Waals surface area contributed by atoms with Crippen LogP contribution in [0.1, 0.15) is 50.2 Å². The van der Waals surface area contributed by atoms with Crippen LogP contribution in [0.3, 0.4) is 0 Å². The first-order valence-corrected chi connectivity index (χ1v) is 9.78. The van der Waals surface area contributed by atoms with Crippen molar-refractivity contribution in [2.24, 2.45) is 0 Å². The van der Waals surface area contributed by atoms with E-state index in [-0.39, 0.29) is 17.5 Å². The van der Waals surface area contributed by atoms with Crippen LogP contribution < -0.4 is 0 Å². The minimum atomic E-state index is -0.587. The molecule has 1 fully saturated rings. The maximum atomic E-state index is 14.4. The Labute approximate surface area is 169 Å². The number of fused-ring (bicyclic) bond motifs is 1. The van der Waals surface area contributed by atoms with Gasteiger partial charge in [-0.15, -0.1) is 0 Å². The van der Waals surface area contributed by atoms with Crippen LogP contribution in [0.4, 0.5) is 4.39 Å². The van der Waals surface area contributed by atoms with Crippen LogP contribution in [0.25, 0.3) is 0 Å². The lowest BCUT2D eigenvalue weighted by Gasteiger charge is -2.34. The number of hydrogen-bond donors (Lipinski definition) is 1. The Morgan fingerprint density at radius 2 is 2.07 bits per heavy atom. The average molecular weight is 394 g/mol. The molecule has 0 aromatic heterocycles. The number of halogens is 1. The van der Waals surface area contributed by atoms with Crippen LogP contribution in [-0.4, -0.2) is 41.3 Å². The second-order valence-electron chi connectivity index (χ2n) is 7.84. The highest BCUT2D eigenvalue weighted by Gasteiger charge is 2.39. The van der Waals surface area contributed by atoms with Gasteiger partial charge in [0.1, 0.15) is 5.82 Å². The van der Waals surface area contributed by atoms with Gasteiger partial charge in [0.25, 0.3) is 5.91 Å². The van der Waals surface area contributed by atoms with Crippen molar-refractivity contribution >= 4 is 5.91 Å². The molecular weight excluding hydrogens is 371 g/mol. The molecule has 29 heavy (non-hydrogen) atoms. The van der Waals surface area contributed by atoms with Gasteiger partial charge in [-0.3, -0.25) is 4.79 Å². The zero-order chi connectivity index (χ0) is 20.7. The topological polar surface area (TPSA) is 73.6 Å². The highest BCUT2D eigenvalue weighted by Crippen LogP contribution is 2.34. The first kappa shape index (κ1) is 19.6. The van der Waals surface area contributed by atoms with Gasteiger partial charge in [-0.1, -0.05) is 6.07 Å². The van der Waals surface area contributed by atoms with Crippen molar-refractivity contribution in [1.29, 1.82) is 5.26 Å². The molecule has 4 rings (SSSR count). The molecule has 2 aliphatic heterocycles. The van der Waals surface area contributed by atoms with Gasteiger partial charge in [0.15, 0.2) is 0 Å². The minimum Gasteiger partial charge on any atom is -0.391 e. The first-order chi connectivity index (χ1) is 13.9. The molecule has 1 amide bonds. The summed E-state index contributed by atoms with van der Waals surface area (Å²) in [5, 5.41) is 19.3. The van der Waals surface area contributed by atoms with Crippen LogP contribution in [0.5, 0.6) is 0 Å². The van der Waals surface area contributed by atoms with Crippen LogP contribution >= 0.6 is 0 Å². The second-order valence-corrected chi connectivity index (χ2v) is 7.84. The molecule has 0 bridgehead atoms. The maximum Gasteiger partial charge on any atom is 0.254 e. The van der Waals surface area contributed by atoms with Gasteiger partial charge in [-0.2, -0.15) is 5.26 Å². The summed E-state index contributed by atoms with van der Waals surface area (Å²) < 4.78 is 19.9. The highest BCUT2D eigenvalue weighted by atomic mass is 19.1. The van der Waals surface area contributed by atoms with E-state index in [9.17, 15) is 14.3 Å². The molecule has 2 aromatic rings. The Kier molecular flexibility index (Phi) is 5.12. The predicted molar refractivity (Wildman–Crippen MR) is 105 cm³/mol. The lowest BCUT2D eigenvalue weighted by Crippen LogP contribution is -2.49. The number of benzene rings is 2. The third kappa shape index (κ3) is 3.41. The van der Waals surface area contributed by atoms with E-state index in [2.05, 4.69) is 0 Å². The molecular formula is C23H23FN2O3. The minimum absolute atomic E-state index is 0.112. The maximum absolute atomic E-state index is 14.4. The van der Waals surface area contributed by atoms with Crippen LogP contribution in [0, 0.1) is 31.0 Å². The SMILES string of the molecule is Cc1c(Cc2ccc(C#N)cc2F)cc2c(c1C)CN([C@H]1COCC[C@@H]1O)C2=O. The molecule has 6 heteroatoms. The number of ether oxygens (including phenoxy) is 1.